The van der Waals surface area contributed by atoms with Crippen LogP contribution in [-0.4, -0.2) is 20.2 Å². The van der Waals surface area contributed by atoms with Crippen molar-refractivity contribution in [3.05, 3.63) is 72.1 Å². The summed E-state index contributed by atoms with van der Waals surface area (Å²) in [6.45, 7) is 4.13. The molecule has 4 rings (SSSR count). The summed E-state index contributed by atoms with van der Waals surface area (Å²) in [4.78, 5) is 8.21. The third kappa shape index (κ3) is 3.75. The molecule has 0 amide bonds. The maximum absolute atomic E-state index is 9.62. The van der Waals surface area contributed by atoms with Crippen molar-refractivity contribution in [3.63, 3.8) is 0 Å². The van der Waals surface area contributed by atoms with Gasteiger partial charge in [-0.1, -0.05) is 26.0 Å². The van der Waals surface area contributed by atoms with Gasteiger partial charge in [0.2, 0.25) is 0 Å². The average molecular weight is 346 g/mol. The Bertz CT molecular complexity index is 959. The summed E-state index contributed by atoms with van der Waals surface area (Å²) in [5, 5.41) is 21.2. The van der Waals surface area contributed by atoms with Crippen LogP contribution in [0, 0.1) is 0 Å². The highest BCUT2D eigenvalue weighted by molar-refractivity contribution is 5.85. The van der Waals surface area contributed by atoms with Crippen molar-refractivity contribution in [2.75, 3.05) is 0 Å². The molecule has 4 nitrogen and oxygen atoms in total. The van der Waals surface area contributed by atoms with Gasteiger partial charge in [-0.05, 0) is 60.4 Å². The summed E-state index contributed by atoms with van der Waals surface area (Å²) >= 11 is 0. The zero-order valence-corrected chi connectivity index (χ0v) is 15.0. The van der Waals surface area contributed by atoms with Crippen LogP contribution in [0.1, 0.15) is 25.0 Å². The first kappa shape index (κ1) is 17.7. The number of nitrogens with zero attached hydrogens (tertiary/aromatic N) is 2. The van der Waals surface area contributed by atoms with Gasteiger partial charge in [0.15, 0.2) is 0 Å². The van der Waals surface area contributed by atoms with Crippen LogP contribution in [0.2, 0.25) is 0 Å². The Morgan fingerprint density at radius 2 is 1.12 bits per heavy atom. The maximum atomic E-state index is 9.62. The number of fused-ring (bicyclic) bond motifs is 2. The molecule has 4 heteroatoms. The monoisotopic (exact) mass is 346 g/mol. The van der Waals surface area contributed by atoms with E-state index in [1.807, 2.05) is 24.3 Å². The van der Waals surface area contributed by atoms with Gasteiger partial charge >= 0.3 is 0 Å². The van der Waals surface area contributed by atoms with E-state index >= 15 is 0 Å². The number of phenolic OH excluding ortho intramolecular Hbond substituents is 2. The van der Waals surface area contributed by atoms with Crippen LogP contribution in [0.25, 0.3) is 21.8 Å². The molecular weight excluding hydrogens is 324 g/mol. The van der Waals surface area contributed by atoms with Crippen molar-refractivity contribution in [1.29, 1.82) is 0 Å². The number of aromatic hydroxyl groups is 2. The van der Waals surface area contributed by atoms with Crippen molar-refractivity contribution in [3.8, 4) is 11.5 Å². The van der Waals surface area contributed by atoms with E-state index < -0.39 is 0 Å². The van der Waals surface area contributed by atoms with Gasteiger partial charge in [0.05, 0.1) is 0 Å². The summed E-state index contributed by atoms with van der Waals surface area (Å²) in [5.41, 5.74) is 3.63. The van der Waals surface area contributed by atoms with Gasteiger partial charge in [-0.3, -0.25) is 9.97 Å². The predicted molar refractivity (Wildman–Crippen MR) is 106 cm³/mol. The van der Waals surface area contributed by atoms with Gasteiger partial charge in [0.25, 0.3) is 0 Å². The molecule has 0 radical (unpaired) electrons. The minimum atomic E-state index is 0.273. The van der Waals surface area contributed by atoms with Crippen LogP contribution in [0.4, 0.5) is 0 Å². The summed E-state index contributed by atoms with van der Waals surface area (Å²) in [5.74, 6) is 0.546. The molecule has 2 aromatic carbocycles. The van der Waals surface area contributed by atoms with E-state index in [1.165, 1.54) is 0 Å². The zero-order chi connectivity index (χ0) is 18.5. The molecule has 0 fully saturated rings. The standard InChI is InChI=1S/2C11H11NO/c2*1-2-8-6-9-4-3-5-12-11(9)10(13)7-8/h2*3-7,13H,2H2,1H3. The van der Waals surface area contributed by atoms with Crippen molar-refractivity contribution in [2.24, 2.45) is 0 Å². The lowest BCUT2D eigenvalue weighted by molar-refractivity contribution is 0.479. The fourth-order valence-electron chi connectivity index (χ4n) is 2.88. The van der Waals surface area contributed by atoms with Gasteiger partial charge < -0.3 is 10.2 Å². The third-order valence-corrected chi connectivity index (χ3v) is 4.31. The average Bonchev–Trinajstić information content (AvgIpc) is 2.68. The summed E-state index contributed by atoms with van der Waals surface area (Å²) in [6.07, 6.45) is 5.23. The lowest BCUT2D eigenvalue weighted by Crippen LogP contribution is -1.83. The molecule has 0 saturated carbocycles. The van der Waals surface area contributed by atoms with Gasteiger partial charge in [0, 0.05) is 23.2 Å². The van der Waals surface area contributed by atoms with Crippen LogP contribution in [0.3, 0.4) is 0 Å². The topological polar surface area (TPSA) is 66.2 Å². The first-order valence-electron chi connectivity index (χ1n) is 8.75. The Labute approximate surface area is 152 Å². The van der Waals surface area contributed by atoms with Crippen molar-refractivity contribution in [1.82, 2.24) is 9.97 Å². The zero-order valence-electron chi connectivity index (χ0n) is 15.0. The van der Waals surface area contributed by atoms with E-state index in [0.29, 0.717) is 11.0 Å². The van der Waals surface area contributed by atoms with E-state index in [4.69, 9.17) is 0 Å². The first-order chi connectivity index (χ1) is 12.6. The highest BCUT2D eigenvalue weighted by Gasteiger charge is 2.02. The smallest absolute Gasteiger partial charge is 0.142 e. The number of hydrogen-bond acceptors (Lipinski definition) is 4. The largest absolute Gasteiger partial charge is 0.506 e. The fourth-order valence-corrected chi connectivity index (χ4v) is 2.88. The molecule has 2 aromatic heterocycles. The number of aromatic nitrogens is 2. The molecule has 2 N–H and O–H groups in total. The molecule has 0 bridgehead atoms. The lowest BCUT2D eigenvalue weighted by atomic mass is 10.1. The maximum Gasteiger partial charge on any atom is 0.142 e. The Balaban J connectivity index is 0.000000151. The second-order valence-corrected chi connectivity index (χ2v) is 6.09. The van der Waals surface area contributed by atoms with Crippen LogP contribution < -0.4 is 0 Å². The Morgan fingerprint density at radius 1 is 0.692 bits per heavy atom. The van der Waals surface area contributed by atoms with Gasteiger partial charge in [0.1, 0.15) is 22.5 Å². The van der Waals surface area contributed by atoms with Gasteiger partial charge in [-0.2, -0.15) is 0 Å². The van der Waals surface area contributed by atoms with E-state index in [9.17, 15) is 10.2 Å². The molecule has 132 valence electrons. The minimum Gasteiger partial charge on any atom is -0.506 e. The number of pyridine rings is 2. The van der Waals surface area contributed by atoms with Crippen molar-refractivity contribution in [2.45, 2.75) is 26.7 Å². The van der Waals surface area contributed by atoms with Gasteiger partial charge in [-0.25, -0.2) is 0 Å². The molecule has 0 spiro atoms. The highest BCUT2D eigenvalue weighted by Crippen LogP contribution is 2.25. The van der Waals surface area contributed by atoms with Crippen molar-refractivity contribution >= 4 is 21.8 Å². The highest BCUT2D eigenvalue weighted by atomic mass is 16.3. The van der Waals surface area contributed by atoms with Crippen LogP contribution in [0.15, 0.2) is 60.9 Å². The van der Waals surface area contributed by atoms with E-state index in [-0.39, 0.29) is 11.5 Å². The SMILES string of the molecule is CCc1cc(O)c2ncccc2c1.CCc1cc(O)c2ncccc2c1. The third-order valence-electron chi connectivity index (χ3n) is 4.31. The predicted octanol–water partition coefficient (Wildman–Crippen LogP) is 5.01. The van der Waals surface area contributed by atoms with E-state index in [2.05, 4.69) is 35.9 Å². The number of rotatable bonds is 2. The number of hydrogen-bond donors (Lipinski definition) is 2. The quantitative estimate of drug-likeness (QED) is 0.536. The molecule has 26 heavy (non-hydrogen) atoms. The number of aryl methyl sites for hydroxylation is 2. The van der Waals surface area contributed by atoms with E-state index in [1.54, 1.807) is 24.5 Å². The molecule has 0 unspecified atom stereocenters. The molecular formula is C22H22N2O2. The molecule has 0 atom stereocenters. The Kier molecular flexibility index (Phi) is 5.32. The number of phenols is 2. The summed E-state index contributed by atoms with van der Waals surface area (Å²) in [6, 6.07) is 15.3. The molecule has 0 aliphatic carbocycles. The van der Waals surface area contributed by atoms with Crippen molar-refractivity contribution < 1.29 is 10.2 Å². The van der Waals surface area contributed by atoms with Crippen LogP contribution >= 0.6 is 0 Å². The fraction of sp³-hybridized carbons (Fsp3) is 0.182. The Hall–Kier alpha value is -3.14. The second kappa shape index (κ2) is 7.83. The van der Waals surface area contributed by atoms with Crippen LogP contribution in [-0.2, 0) is 12.8 Å². The normalized spacial score (nSPS) is 10.5. The summed E-state index contributed by atoms with van der Waals surface area (Å²) < 4.78 is 0. The lowest BCUT2D eigenvalue weighted by Gasteiger charge is -2.02. The second-order valence-electron chi connectivity index (χ2n) is 6.09. The van der Waals surface area contributed by atoms with Gasteiger partial charge in [-0.15, -0.1) is 0 Å². The molecule has 0 aliphatic rings. The Morgan fingerprint density at radius 3 is 1.50 bits per heavy atom. The molecule has 0 aliphatic heterocycles. The number of benzene rings is 2. The van der Waals surface area contributed by atoms with E-state index in [0.717, 1.165) is 34.7 Å². The molecule has 4 aromatic rings. The molecule has 2 heterocycles. The summed E-state index contributed by atoms with van der Waals surface area (Å²) in [7, 11) is 0. The van der Waals surface area contributed by atoms with Crippen LogP contribution in [0.5, 0.6) is 11.5 Å². The molecule has 0 saturated heterocycles. The minimum absolute atomic E-state index is 0.273. The first-order valence-corrected chi connectivity index (χ1v) is 8.75.